The normalized spacial score (nSPS) is 10.1. The van der Waals surface area contributed by atoms with Gasteiger partial charge in [-0.2, -0.15) is 15.0 Å². The second-order valence-corrected chi connectivity index (χ2v) is 9.29. The number of hydrogen-bond acceptors (Lipinski definition) is 14. The van der Waals surface area contributed by atoms with Crippen molar-refractivity contribution in [2.45, 2.75) is 5.16 Å². The molecule has 0 aliphatic rings. The van der Waals surface area contributed by atoms with Gasteiger partial charge < -0.3 is 34.3 Å². The van der Waals surface area contributed by atoms with E-state index in [4.69, 9.17) is 23.7 Å². The number of thioether (sulfide) groups is 1. The molecule has 0 spiro atoms. The standard InChI is InChI=1S/C30H31N5O8S/c1-4-25(36)41-15-13-39-23-11-7-9-21(19-23)31-28-33-29(35-30(34-28)44-18-17-43-27(38)6-3)32-22-10-8-12-24(20-22)40-14-16-42-26(37)5-2/h4-12,19-20H,1-3,13-18H2,(H2,31,32,33,34,35). The summed E-state index contributed by atoms with van der Waals surface area (Å²) in [6.07, 6.45) is 3.26. The molecule has 3 rings (SSSR count). The molecule has 0 bridgehead atoms. The Morgan fingerprint density at radius 2 is 1.11 bits per heavy atom. The van der Waals surface area contributed by atoms with Gasteiger partial charge >= 0.3 is 17.9 Å². The molecule has 13 nitrogen and oxygen atoms in total. The molecule has 1 heterocycles. The molecule has 0 aliphatic carbocycles. The lowest BCUT2D eigenvalue weighted by Crippen LogP contribution is -2.10. The predicted molar refractivity (Wildman–Crippen MR) is 164 cm³/mol. The minimum Gasteiger partial charge on any atom is -0.490 e. The summed E-state index contributed by atoms with van der Waals surface area (Å²) in [5, 5.41) is 6.65. The SMILES string of the molecule is C=CC(=O)OCCOc1cccc(Nc2nc(Nc3cccc(OCCOC(=O)C=C)c3)nc(SCCOC(=O)C=C)n2)c1. The summed E-state index contributed by atoms with van der Waals surface area (Å²) in [7, 11) is 0. The van der Waals surface area contributed by atoms with Crippen LogP contribution in [0.1, 0.15) is 0 Å². The summed E-state index contributed by atoms with van der Waals surface area (Å²) in [6.45, 7) is 10.7. The largest absolute Gasteiger partial charge is 0.490 e. The molecule has 14 heteroatoms. The highest BCUT2D eigenvalue weighted by Crippen LogP contribution is 2.25. The molecule has 0 radical (unpaired) electrons. The molecule has 0 saturated carbocycles. The van der Waals surface area contributed by atoms with Crippen LogP contribution in [0, 0.1) is 0 Å². The van der Waals surface area contributed by atoms with Gasteiger partial charge in [-0.15, -0.1) is 0 Å². The van der Waals surface area contributed by atoms with E-state index >= 15 is 0 Å². The molecule has 0 atom stereocenters. The number of ether oxygens (including phenoxy) is 5. The van der Waals surface area contributed by atoms with Crippen molar-refractivity contribution in [3.05, 3.63) is 86.5 Å². The van der Waals surface area contributed by atoms with E-state index in [1.165, 1.54) is 11.8 Å². The maximum atomic E-state index is 11.4. The van der Waals surface area contributed by atoms with Crippen LogP contribution in [0.15, 0.2) is 91.7 Å². The Hall–Kier alpha value is -5.37. The van der Waals surface area contributed by atoms with E-state index in [-0.39, 0.29) is 44.9 Å². The van der Waals surface area contributed by atoms with Crippen LogP contribution in [-0.4, -0.2) is 71.6 Å². The minimum atomic E-state index is -0.526. The van der Waals surface area contributed by atoms with Crippen LogP contribution in [0.2, 0.25) is 0 Å². The average Bonchev–Trinajstić information content (AvgIpc) is 3.03. The molecule has 0 unspecified atom stereocenters. The smallest absolute Gasteiger partial charge is 0.330 e. The third kappa shape index (κ3) is 12.2. The van der Waals surface area contributed by atoms with Gasteiger partial charge in [-0.25, -0.2) is 14.4 Å². The monoisotopic (exact) mass is 621 g/mol. The predicted octanol–water partition coefficient (Wildman–Crippen LogP) is 4.40. The lowest BCUT2D eigenvalue weighted by Gasteiger charge is -2.12. The van der Waals surface area contributed by atoms with E-state index in [1.807, 2.05) is 0 Å². The van der Waals surface area contributed by atoms with E-state index in [9.17, 15) is 14.4 Å². The maximum Gasteiger partial charge on any atom is 0.330 e. The van der Waals surface area contributed by atoms with Crippen LogP contribution in [0.5, 0.6) is 11.5 Å². The second kappa shape index (κ2) is 18.2. The summed E-state index contributed by atoms with van der Waals surface area (Å²) in [4.78, 5) is 47.2. The highest BCUT2D eigenvalue weighted by molar-refractivity contribution is 7.99. The molecule has 3 aromatic rings. The number of carbonyl (C=O) groups excluding carboxylic acids is 3. The zero-order valence-electron chi connectivity index (χ0n) is 23.7. The van der Waals surface area contributed by atoms with E-state index in [1.54, 1.807) is 48.5 Å². The number of aromatic nitrogens is 3. The number of hydrogen-bond donors (Lipinski definition) is 2. The van der Waals surface area contributed by atoms with Crippen LogP contribution in [0.4, 0.5) is 23.3 Å². The zero-order valence-corrected chi connectivity index (χ0v) is 24.5. The van der Waals surface area contributed by atoms with Gasteiger partial charge in [0, 0.05) is 47.5 Å². The van der Waals surface area contributed by atoms with Gasteiger partial charge in [-0.05, 0) is 24.3 Å². The van der Waals surface area contributed by atoms with Crippen molar-refractivity contribution >= 4 is 52.9 Å². The third-order valence-electron chi connectivity index (χ3n) is 5.05. The van der Waals surface area contributed by atoms with E-state index in [2.05, 4.69) is 45.3 Å². The van der Waals surface area contributed by atoms with Crippen LogP contribution in [0.25, 0.3) is 0 Å². The summed E-state index contributed by atoms with van der Waals surface area (Å²) in [5.74, 6) is 0.361. The Morgan fingerprint density at radius 1 is 0.659 bits per heavy atom. The second-order valence-electron chi connectivity index (χ2n) is 8.23. The van der Waals surface area contributed by atoms with Crippen molar-refractivity contribution in [3.8, 4) is 11.5 Å². The van der Waals surface area contributed by atoms with Crippen LogP contribution >= 0.6 is 11.8 Å². The quantitative estimate of drug-likeness (QED) is 0.0637. The molecule has 44 heavy (non-hydrogen) atoms. The molecule has 0 aliphatic heterocycles. The highest BCUT2D eigenvalue weighted by atomic mass is 32.2. The zero-order chi connectivity index (χ0) is 31.6. The van der Waals surface area contributed by atoms with Crippen molar-refractivity contribution in [1.82, 2.24) is 15.0 Å². The fraction of sp³-hybridized carbons (Fsp3) is 0.200. The average molecular weight is 622 g/mol. The molecule has 0 amide bonds. The molecule has 2 N–H and O–H groups in total. The van der Waals surface area contributed by atoms with Gasteiger partial charge in [0.25, 0.3) is 0 Å². The lowest BCUT2D eigenvalue weighted by molar-refractivity contribution is -0.139. The first-order valence-corrected chi connectivity index (χ1v) is 14.1. The van der Waals surface area contributed by atoms with Crippen LogP contribution in [-0.2, 0) is 28.6 Å². The Balaban J connectivity index is 1.71. The fourth-order valence-corrected chi connectivity index (χ4v) is 3.83. The van der Waals surface area contributed by atoms with Gasteiger partial charge in [0.05, 0.1) is 0 Å². The maximum absolute atomic E-state index is 11.4. The summed E-state index contributed by atoms with van der Waals surface area (Å²) in [6, 6.07) is 14.1. The topological polar surface area (TPSA) is 160 Å². The third-order valence-corrected chi connectivity index (χ3v) is 5.86. The van der Waals surface area contributed by atoms with Crippen LogP contribution < -0.4 is 20.1 Å². The van der Waals surface area contributed by atoms with Gasteiger partial charge in [0.15, 0.2) is 5.16 Å². The van der Waals surface area contributed by atoms with Crippen LogP contribution in [0.3, 0.4) is 0 Å². The first kappa shape index (κ1) is 33.1. The molecular weight excluding hydrogens is 590 g/mol. The van der Waals surface area contributed by atoms with Gasteiger partial charge in [-0.3, -0.25) is 0 Å². The summed E-state index contributed by atoms with van der Waals surface area (Å²) in [5.41, 5.74) is 1.26. The number of rotatable bonds is 19. The number of anilines is 4. The van der Waals surface area contributed by atoms with Gasteiger partial charge in [-0.1, -0.05) is 43.6 Å². The first-order chi connectivity index (χ1) is 21.4. The number of nitrogens with one attached hydrogen (secondary N) is 2. The van der Waals surface area contributed by atoms with E-state index < -0.39 is 17.9 Å². The number of nitrogens with zero attached hydrogens (tertiary/aromatic N) is 3. The van der Waals surface area contributed by atoms with Gasteiger partial charge in [0.2, 0.25) is 11.9 Å². The Labute approximate surface area is 258 Å². The number of esters is 3. The molecular formula is C30H31N5O8S. The van der Waals surface area contributed by atoms with Crippen molar-refractivity contribution in [2.75, 3.05) is 49.4 Å². The van der Waals surface area contributed by atoms with Gasteiger partial charge in [0.1, 0.15) is 44.5 Å². The van der Waals surface area contributed by atoms with Crippen molar-refractivity contribution in [2.24, 2.45) is 0 Å². The summed E-state index contributed by atoms with van der Waals surface area (Å²) >= 11 is 1.26. The molecule has 2 aromatic carbocycles. The highest BCUT2D eigenvalue weighted by Gasteiger charge is 2.10. The Bertz CT molecular complexity index is 1380. The molecule has 0 fully saturated rings. The van der Waals surface area contributed by atoms with Crippen molar-refractivity contribution in [3.63, 3.8) is 0 Å². The Morgan fingerprint density at radius 3 is 1.57 bits per heavy atom. The molecule has 230 valence electrons. The number of benzene rings is 2. The van der Waals surface area contributed by atoms with Crippen molar-refractivity contribution < 1.29 is 38.1 Å². The lowest BCUT2D eigenvalue weighted by atomic mass is 10.3. The van der Waals surface area contributed by atoms with E-state index in [0.29, 0.717) is 33.8 Å². The Kier molecular flexibility index (Phi) is 13.7. The van der Waals surface area contributed by atoms with E-state index in [0.717, 1.165) is 18.2 Å². The molecule has 0 saturated heterocycles. The summed E-state index contributed by atoms with van der Waals surface area (Å²) < 4.78 is 26.2. The minimum absolute atomic E-state index is 0.0721. The molecule has 1 aromatic heterocycles. The fourth-order valence-electron chi connectivity index (χ4n) is 3.17. The van der Waals surface area contributed by atoms with Crippen molar-refractivity contribution in [1.29, 1.82) is 0 Å². The number of carbonyl (C=O) groups is 3. The first-order valence-electron chi connectivity index (χ1n) is 13.1.